The lowest BCUT2D eigenvalue weighted by molar-refractivity contribution is 0.100. The van der Waals surface area contributed by atoms with E-state index >= 15 is 0 Å². The molecule has 1 unspecified atom stereocenters. The molecular weight excluding hydrogens is 288 g/mol. The zero-order chi connectivity index (χ0) is 16.1. The van der Waals surface area contributed by atoms with E-state index in [-0.39, 0.29) is 0 Å². The summed E-state index contributed by atoms with van der Waals surface area (Å²) in [6.07, 6.45) is 5.06. The second kappa shape index (κ2) is 8.06. The van der Waals surface area contributed by atoms with Gasteiger partial charge in [0.25, 0.3) is 0 Å². The minimum atomic E-state index is 0.536. The van der Waals surface area contributed by atoms with E-state index in [2.05, 4.69) is 27.8 Å². The van der Waals surface area contributed by atoms with Gasteiger partial charge in [-0.25, -0.2) is 9.97 Å². The van der Waals surface area contributed by atoms with Crippen LogP contribution in [0.2, 0.25) is 0 Å². The summed E-state index contributed by atoms with van der Waals surface area (Å²) in [5.41, 5.74) is 1.24. The average molecular weight is 318 g/mol. The molecule has 2 saturated heterocycles. The van der Waals surface area contributed by atoms with Crippen LogP contribution in [-0.2, 0) is 4.74 Å². The maximum absolute atomic E-state index is 5.51. The summed E-state index contributed by atoms with van der Waals surface area (Å²) in [4.78, 5) is 14.4. The van der Waals surface area contributed by atoms with Crippen molar-refractivity contribution in [3.8, 4) is 0 Å². The molecule has 2 aliphatic rings. The third-order valence-electron chi connectivity index (χ3n) is 4.95. The Morgan fingerprint density at radius 2 is 2.00 bits per heavy atom. The molecule has 23 heavy (non-hydrogen) atoms. The van der Waals surface area contributed by atoms with Crippen molar-refractivity contribution in [3.63, 3.8) is 0 Å². The van der Waals surface area contributed by atoms with Crippen LogP contribution in [0.3, 0.4) is 0 Å². The monoisotopic (exact) mass is 318 g/mol. The molecule has 0 aliphatic carbocycles. The number of rotatable bonds is 6. The van der Waals surface area contributed by atoms with Crippen molar-refractivity contribution >= 4 is 5.82 Å². The maximum atomic E-state index is 5.51. The van der Waals surface area contributed by atoms with E-state index in [0.717, 1.165) is 51.0 Å². The number of aryl methyl sites for hydroxylation is 1. The van der Waals surface area contributed by atoms with Crippen molar-refractivity contribution in [1.29, 1.82) is 0 Å². The maximum Gasteiger partial charge on any atom is 0.132 e. The molecule has 0 amide bonds. The van der Waals surface area contributed by atoms with E-state index in [1.54, 1.807) is 0 Å². The van der Waals surface area contributed by atoms with Gasteiger partial charge in [-0.05, 0) is 46.1 Å². The summed E-state index contributed by atoms with van der Waals surface area (Å²) in [6.45, 7) is 11.3. The van der Waals surface area contributed by atoms with Gasteiger partial charge in [0, 0.05) is 44.8 Å². The van der Waals surface area contributed by atoms with Crippen molar-refractivity contribution in [1.82, 2.24) is 14.9 Å². The molecule has 2 aliphatic heterocycles. The topological polar surface area (TPSA) is 41.5 Å². The van der Waals surface area contributed by atoms with Crippen LogP contribution in [0.5, 0.6) is 0 Å². The van der Waals surface area contributed by atoms with Gasteiger partial charge in [0.1, 0.15) is 11.6 Å². The lowest BCUT2D eigenvalue weighted by Crippen LogP contribution is -2.37. The number of ether oxygens (including phenoxy) is 1. The number of hydrogen-bond acceptors (Lipinski definition) is 5. The lowest BCUT2D eigenvalue weighted by atomic mass is 9.94. The summed E-state index contributed by atoms with van der Waals surface area (Å²) in [7, 11) is 0. The average Bonchev–Trinajstić information content (AvgIpc) is 3.09. The first-order valence-electron chi connectivity index (χ1n) is 9.17. The van der Waals surface area contributed by atoms with Crippen molar-refractivity contribution in [2.45, 2.75) is 45.4 Å². The Labute approximate surface area is 140 Å². The number of anilines is 1. The molecule has 0 spiro atoms. The Bertz CT molecular complexity index is 502. The molecule has 0 aromatic carbocycles. The predicted molar refractivity (Wildman–Crippen MR) is 93.1 cm³/mol. The van der Waals surface area contributed by atoms with Crippen molar-refractivity contribution in [3.05, 3.63) is 17.6 Å². The van der Waals surface area contributed by atoms with Gasteiger partial charge in [-0.3, -0.25) is 0 Å². The first kappa shape index (κ1) is 16.7. The van der Waals surface area contributed by atoms with Gasteiger partial charge in [-0.15, -0.1) is 0 Å². The van der Waals surface area contributed by atoms with E-state index in [1.807, 2.05) is 6.92 Å². The van der Waals surface area contributed by atoms with Gasteiger partial charge in [-0.2, -0.15) is 0 Å². The van der Waals surface area contributed by atoms with E-state index in [9.17, 15) is 0 Å². The minimum absolute atomic E-state index is 0.536. The van der Waals surface area contributed by atoms with Crippen LogP contribution in [0.15, 0.2) is 6.07 Å². The molecule has 1 aromatic heterocycles. The summed E-state index contributed by atoms with van der Waals surface area (Å²) in [6, 6.07) is 2.25. The highest BCUT2D eigenvalue weighted by Gasteiger charge is 2.24. The van der Waals surface area contributed by atoms with Gasteiger partial charge in [0.15, 0.2) is 0 Å². The lowest BCUT2D eigenvalue weighted by Gasteiger charge is -2.32. The molecule has 0 bridgehead atoms. The fourth-order valence-corrected chi connectivity index (χ4v) is 3.73. The normalized spacial score (nSPS) is 22.7. The van der Waals surface area contributed by atoms with Crippen LogP contribution in [0.25, 0.3) is 0 Å². The smallest absolute Gasteiger partial charge is 0.132 e. The molecule has 128 valence electrons. The minimum Gasteiger partial charge on any atom is -0.380 e. The van der Waals surface area contributed by atoms with Crippen LogP contribution < -0.4 is 4.90 Å². The van der Waals surface area contributed by atoms with Crippen molar-refractivity contribution in [2.24, 2.45) is 0 Å². The number of aromatic nitrogens is 2. The fraction of sp³-hybridized carbons (Fsp3) is 0.778. The summed E-state index contributed by atoms with van der Waals surface area (Å²) in [5.74, 6) is 2.58. The second-order valence-corrected chi connectivity index (χ2v) is 6.73. The number of piperidine rings is 1. The molecule has 2 fully saturated rings. The highest BCUT2D eigenvalue weighted by atomic mass is 16.5. The van der Waals surface area contributed by atoms with E-state index in [4.69, 9.17) is 9.72 Å². The number of hydrogen-bond donors (Lipinski definition) is 0. The van der Waals surface area contributed by atoms with Crippen LogP contribution in [0.4, 0.5) is 5.82 Å². The Hall–Kier alpha value is -1.20. The Balaban J connectivity index is 1.67. The SMILES string of the molecule is CCOCCN1CCCC(c2cc(N3CCCC3)nc(C)n2)C1. The Morgan fingerprint density at radius 1 is 1.17 bits per heavy atom. The van der Waals surface area contributed by atoms with Crippen LogP contribution in [0.1, 0.15) is 50.0 Å². The summed E-state index contributed by atoms with van der Waals surface area (Å²) < 4.78 is 5.51. The molecular formula is C18H30N4O. The van der Waals surface area contributed by atoms with Gasteiger partial charge in [-0.1, -0.05) is 0 Å². The number of likely N-dealkylation sites (tertiary alicyclic amines) is 1. The first-order valence-corrected chi connectivity index (χ1v) is 9.17. The van der Waals surface area contributed by atoms with E-state index in [1.165, 1.54) is 37.9 Å². The molecule has 0 N–H and O–H groups in total. The summed E-state index contributed by atoms with van der Waals surface area (Å²) in [5, 5.41) is 0. The molecule has 3 heterocycles. The van der Waals surface area contributed by atoms with Gasteiger partial charge in [0.2, 0.25) is 0 Å². The third kappa shape index (κ3) is 4.42. The molecule has 5 heteroatoms. The quantitative estimate of drug-likeness (QED) is 0.754. The zero-order valence-corrected chi connectivity index (χ0v) is 14.6. The molecule has 5 nitrogen and oxygen atoms in total. The van der Waals surface area contributed by atoms with Crippen LogP contribution in [0, 0.1) is 6.92 Å². The van der Waals surface area contributed by atoms with Gasteiger partial charge < -0.3 is 14.5 Å². The van der Waals surface area contributed by atoms with E-state index in [0.29, 0.717) is 5.92 Å². The first-order chi connectivity index (χ1) is 11.3. The molecule has 1 atom stereocenters. The summed E-state index contributed by atoms with van der Waals surface area (Å²) >= 11 is 0. The van der Waals surface area contributed by atoms with E-state index < -0.39 is 0 Å². The van der Waals surface area contributed by atoms with Gasteiger partial charge >= 0.3 is 0 Å². The number of nitrogens with zero attached hydrogens (tertiary/aromatic N) is 4. The third-order valence-corrected chi connectivity index (χ3v) is 4.95. The molecule has 0 saturated carbocycles. The van der Waals surface area contributed by atoms with Crippen molar-refractivity contribution < 1.29 is 4.74 Å². The Kier molecular flexibility index (Phi) is 5.84. The van der Waals surface area contributed by atoms with Gasteiger partial charge in [0.05, 0.1) is 12.3 Å². The molecule has 1 aromatic rings. The van der Waals surface area contributed by atoms with Crippen LogP contribution >= 0.6 is 0 Å². The fourth-order valence-electron chi connectivity index (χ4n) is 3.73. The zero-order valence-electron chi connectivity index (χ0n) is 14.6. The van der Waals surface area contributed by atoms with Crippen LogP contribution in [-0.4, -0.2) is 60.8 Å². The standard InChI is InChI=1S/C18H30N4O/c1-3-23-12-11-21-8-6-7-16(14-21)17-13-18(20-15(2)19-17)22-9-4-5-10-22/h13,16H,3-12,14H2,1-2H3. The second-order valence-electron chi connectivity index (χ2n) is 6.73. The predicted octanol–water partition coefficient (Wildman–Crippen LogP) is 2.60. The Morgan fingerprint density at radius 3 is 2.78 bits per heavy atom. The molecule has 0 radical (unpaired) electrons. The highest BCUT2D eigenvalue weighted by molar-refractivity contribution is 5.41. The highest BCUT2D eigenvalue weighted by Crippen LogP contribution is 2.28. The largest absolute Gasteiger partial charge is 0.380 e. The molecule has 3 rings (SSSR count). The van der Waals surface area contributed by atoms with Crippen molar-refractivity contribution in [2.75, 3.05) is 50.8 Å².